The number of halogens is 3. The van der Waals surface area contributed by atoms with Crippen LogP contribution in [0.15, 0.2) is 36.4 Å². The van der Waals surface area contributed by atoms with Gasteiger partial charge < -0.3 is 10.4 Å². The van der Waals surface area contributed by atoms with E-state index in [-0.39, 0.29) is 17.7 Å². The van der Waals surface area contributed by atoms with Gasteiger partial charge in [-0.2, -0.15) is 0 Å². The van der Waals surface area contributed by atoms with Crippen molar-refractivity contribution >= 4 is 45.8 Å². The van der Waals surface area contributed by atoms with Crippen LogP contribution in [0.4, 0.5) is 10.1 Å². The minimum Gasteiger partial charge on any atom is -0.478 e. The van der Waals surface area contributed by atoms with E-state index in [1.807, 2.05) is 6.07 Å². The Bertz CT molecular complexity index is 664. The van der Waals surface area contributed by atoms with Gasteiger partial charge in [0.15, 0.2) is 0 Å². The van der Waals surface area contributed by atoms with Crippen LogP contribution in [0.3, 0.4) is 0 Å². The first kappa shape index (κ1) is 15.1. The smallest absolute Gasteiger partial charge is 0.335 e. The normalized spacial score (nSPS) is 10.3. The number of benzene rings is 2. The maximum atomic E-state index is 13.6. The van der Waals surface area contributed by atoms with E-state index in [1.165, 1.54) is 12.1 Å². The SMILES string of the molecule is O=C(O)c1ccc(F)c(CNc2ccc(I)cc2Cl)c1. The summed E-state index contributed by atoms with van der Waals surface area (Å²) >= 11 is 8.20. The van der Waals surface area contributed by atoms with Crippen LogP contribution in [0.25, 0.3) is 0 Å². The molecule has 20 heavy (non-hydrogen) atoms. The highest BCUT2D eigenvalue weighted by Gasteiger charge is 2.09. The molecule has 0 saturated carbocycles. The van der Waals surface area contributed by atoms with Gasteiger partial charge in [0.1, 0.15) is 5.82 Å². The van der Waals surface area contributed by atoms with Gasteiger partial charge in [0.05, 0.1) is 16.3 Å². The van der Waals surface area contributed by atoms with E-state index in [2.05, 4.69) is 27.9 Å². The summed E-state index contributed by atoms with van der Waals surface area (Å²) in [6.07, 6.45) is 0. The second-order valence-electron chi connectivity index (χ2n) is 4.09. The number of rotatable bonds is 4. The largest absolute Gasteiger partial charge is 0.478 e. The number of aromatic carboxylic acids is 1. The third-order valence-corrected chi connectivity index (χ3v) is 3.68. The third kappa shape index (κ3) is 3.61. The molecule has 0 aliphatic heterocycles. The topological polar surface area (TPSA) is 49.3 Å². The van der Waals surface area contributed by atoms with E-state index in [4.69, 9.17) is 16.7 Å². The minimum atomic E-state index is -1.08. The van der Waals surface area contributed by atoms with Gasteiger partial charge in [0.25, 0.3) is 0 Å². The van der Waals surface area contributed by atoms with Gasteiger partial charge in [-0.25, -0.2) is 9.18 Å². The van der Waals surface area contributed by atoms with Gasteiger partial charge in [-0.05, 0) is 59.0 Å². The zero-order valence-corrected chi connectivity index (χ0v) is 13.1. The second-order valence-corrected chi connectivity index (χ2v) is 5.74. The van der Waals surface area contributed by atoms with Gasteiger partial charge in [-0.15, -0.1) is 0 Å². The van der Waals surface area contributed by atoms with Crippen LogP contribution in [0, 0.1) is 9.39 Å². The van der Waals surface area contributed by atoms with Crippen LogP contribution in [0.5, 0.6) is 0 Å². The van der Waals surface area contributed by atoms with Gasteiger partial charge in [0.2, 0.25) is 0 Å². The molecule has 0 radical (unpaired) electrons. The van der Waals surface area contributed by atoms with Crippen LogP contribution >= 0.6 is 34.2 Å². The quantitative estimate of drug-likeness (QED) is 0.742. The molecule has 6 heteroatoms. The van der Waals surface area contributed by atoms with Crippen molar-refractivity contribution in [2.45, 2.75) is 6.54 Å². The van der Waals surface area contributed by atoms with Gasteiger partial charge >= 0.3 is 5.97 Å². The Labute approximate surface area is 133 Å². The highest BCUT2D eigenvalue weighted by atomic mass is 127. The summed E-state index contributed by atoms with van der Waals surface area (Å²) in [5.74, 6) is -1.54. The van der Waals surface area contributed by atoms with E-state index in [1.54, 1.807) is 12.1 Å². The molecule has 104 valence electrons. The summed E-state index contributed by atoms with van der Waals surface area (Å²) in [6, 6.07) is 9.15. The first-order valence-electron chi connectivity index (χ1n) is 5.68. The lowest BCUT2D eigenvalue weighted by Gasteiger charge is -2.10. The molecule has 0 fully saturated rings. The van der Waals surface area contributed by atoms with Crippen LogP contribution in [0.2, 0.25) is 5.02 Å². The van der Waals surface area contributed by atoms with Crippen molar-refractivity contribution in [3.63, 3.8) is 0 Å². The Morgan fingerprint density at radius 2 is 2.05 bits per heavy atom. The lowest BCUT2D eigenvalue weighted by atomic mass is 10.1. The Kier molecular flexibility index (Phi) is 4.82. The fourth-order valence-corrected chi connectivity index (χ4v) is 2.59. The van der Waals surface area contributed by atoms with Gasteiger partial charge in [-0.1, -0.05) is 11.6 Å². The van der Waals surface area contributed by atoms with Crippen LogP contribution < -0.4 is 5.32 Å². The Hall–Kier alpha value is -1.34. The molecule has 2 rings (SSSR count). The zero-order chi connectivity index (χ0) is 14.7. The number of carboxylic acids is 1. The van der Waals surface area contributed by atoms with Crippen molar-refractivity contribution in [3.8, 4) is 0 Å². The second kappa shape index (κ2) is 6.41. The molecule has 2 aromatic rings. The Morgan fingerprint density at radius 3 is 2.70 bits per heavy atom. The molecule has 0 aliphatic rings. The van der Waals surface area contributed by atoms with Crippen molar-refractivity contribution in [3.05, 3.63) is 61.9 Å². The summed E-state index contributed by atoms with van der Waals surface area (Å²) in [5.41, 5.74) is 1.00. The lowest BCUT2D eigenvalue weighted by Crippen LogP contribution is -2.05. The number of anilines is 1. The number of carbonyl (C=O) groups is 1. The summed E-state index contributed by atoms with van der Waals surface area (Å²) in [5, 5.41) is 12.4. The fraction of sp³-hybridized carbons (Fsp3) is 0.0714. The molecule has 0 atom stereocenters. The fourth-order valence-electron chi connectivity index (χ4n) is 1.67. The summed E-state index contributed by atoms with van der Waals surface area (Å²) in [6.45, 7) is 0.160. The molecule has 0 aromatic heterocycles. The predicted molar refractivity (Wildman–Crippen MR) is 84.9 cm³/mol. The molecule has 0 amide bonds. The van der Waals surface area contributed by atoms with Crippen molar-refractivity contribution in [1.82, 2.24) is 0 Å². The summed E-state index contributed by atoms with van der Waals surface area (Å²) in [7, 11) is 0. The average molecular weight is 406 g/mol. The van der Waals surface area contributed by atoms with E-state index < -0.39 is 11.8 Å². The Balaban J connectivity index is 2.18. The first-order valence-corrected chi connectivity index (χ1v) is 7.13. The molecule has 0 heterocycles. The molecular formula is C14H10ClFINO2. The highest BCUT2D eigenvalue weighted by Crippen LogP contribution is 2.24. The monoisotopic (exact) mass is 405 g/mol. The highest BCUT2D eigenvalue weighted by molar-refractivity contribution is 14.1. The van der Waals surface area contributed by atoms with Crippen molar-refractivity contribution in [2.75, 3.05) is 5.32 Å². The molecule has 2 aromatic carbocycles. The number of hydrogen-bond acceptors (Lipinski definition) is 2. The first-order chi connectivity index (χ1) is 9.47. The maximum absolute atomic E-state index is 13.6. The molecule has 3 nitrogen and oxygen atoms in total. The van der Waals surface area contributed by atoms with Crippen molar-refractivity contribution in [1.29, 1.82) is 0 Å². The Morgan fingerprint density at radius 1 is 1.30 bits per heavy atom. The van der Waals surface area contributed by atoms with Gasteiger partial charge in [-0.3, -0.25) is 0 Å². The molecule has 0 saturated heterocycles. The molecule has 0 aliphatic carbocycles. The van der Waals surface area contributed by atoms with Gasteiger partial charge in [0, 0.05) is 15.7 Å². The number of carboxylic acid groups (broad SMARTS) is 1. The predicted octanol–water partition coefficient (Wildman–Crippen LogP) is 4.39. The van der Waals surface area contributed by atoms with E-state index in [0.29, 0.717) is 10.7 Å². The summed E-state index contributed by atoms with van der Waals surface area (Å²) in [4.78, 5) is 10.9. The zero-order valence-electron chi connectivity index (χ0n) is 10.2. The number of nitrogens with one attached hydrogen (secondary N) is 1. The molecular weight excluding hydrogens is 396 g/mol. The van der Waals surface area contributed by atoms with E-state index in [0.717, 1.165) is 9.64 Å². The summed E-state index contributed by atoms with van der Waals surface area (Å²) < 4.78 is 14.6. The van der Waals surface area contributed by atoms with Crippen LogP contribution in [0.1, 0.15) is 15.9 Å². The van der Waals surface area contributed by atoms with Crippen molar-refractivity contribution in [2.24, 2.45) is 0 Å². The van der Waals surface area contributed by atoms with Crippen LogP contribution in [-0.2, 0) is 6.54 Å². The number of hydrogen-bond donors (Lipinski definition) is 2. The van der Waals surface area contributed by atoms with E-state index >= 15 is 0 Å². The average Bonchev–Trinajstić information content (AvgIpc) is 2.39. The third-order valence-electron chi connectivity index (χ3n) is 2.69. The van der Waals surface area contributed by atoms with Crippen molar-refractivity contribution < 1.29 is 14.3 Å². The molecule has 0 unspecified atom stereocenters. The van der Waals surface area contributed by atoms with E-state index in [9.17, 15) is 9.18 Å². The standard InChI is InChI=1S/C14H10ClFINO2/c15-11-6-10(17)2-4-13(11)18-7-9-5-8(14(19)20)1-3-12(9)16/h1-6,18H,7H2,(H,19,20). The molecule has 2 N–H and O–H groups in total. The van der Waals surface area contributed by atoms with Crippen LogP contribution in [-0.4, -0.2) is 11.1 Å². The molecule has 0 bridgehead atoms. The minimum absolute atomic E-state index is 0.0527. The lowest BCUT2D eigenvalue weighted by molar-refractivity contribution is 0.0696. The maximum Gasteiger partial charge on any atom is 0.335 e. The molecule has 0 spiro atoms.